The molecule has 0 aliphatic carbocycles. The van der Waals surface area contributed by atoms with Crippen LogP contribution in [0.25, 0.3) is 0 Å². The molecular weight excluding hydrogens is 295 g/mol. The van der Waals surface area contributed by atoms with E-state index in [2.05, 4.69) is 0 Å². The Morgan fingerprint density at radius 1 is 0.950 bits per heavy atom. The molecule has 2 N–H and O–H groups in total. The molecule has 0 aromatic heterocycles. The first-order chi connectivity index (χ1) is 9.29. The Balaban J connectivity index is 2.41. The van der Waals surface area contributed by atoms with Crippen LogP contribution in [-0.2, 0) is 10.0 Å². The van der Waals surface area contributed by atoms with E-state index in [0.29, 0.717) is 12.1 Å². The van der Waals surface area contributed by atoms with E-state index in [0.717, 1.165) is 24.3 Å². The number of phenolic OH excluding ortho intramolecular Hbond substituents is 1. The first-order valence-corrected chi connectivity index (χ1v) is 6.74. The lowest BCUT2D eigenvalue weighted by atomic mass is 10.3. The van der Waals surface area contributed by atoms with Gasteiger partial charge in [0.2, 0.25) is 0 Å². The van der Waals surface area contributed by atoms with Crippen molar-refractivity contribution in [2.24, 2.45) is 0 Å². The summed E-state index contributed by atoms with van der Waals surface area (Å²) in [6.07, 6.45) is 0. The Bertz CT molecular complexity index is 763. The van der Waals surface area contributed by atoms with Crippen molar-refractivity contribution in [2.75, 3.05) is 4.72 Å². The number of benzene rings is 2. The van der Waals surface area contributed by atoms with Gasteiger partial charge in [-0.1, -0.05) is 0 Å². The van der Waals surface area contributed by atoms with Gasteiger partial charge in [-0.25, -0.2) is 21.6 Å². The molecule has 2 aromatic rings. The standard InChI is InChI=1S/C12H8F3NO3S/c13-7-2-4-12(9(15)5-7)20(18,19)16-10-3-1-8(14)6-11(10)17/h1-6,16-17H. The van der Waals surface area contributed by atoms with Crippen LogP contribution < -0.4 is 4.72 Å². The third-order valence-electron chi connectivity index (χ3n) is 2.39. The minimum Gasteiger partial charge on any atom is -0.506 e. The lowest BCUT2D eigenvalue weighted by Crippen LogP contribution is -2.14. The average Bonchev–Trinajstić information content (AvgIpc) is 2.32. The van der Waals surface area contributed by atoms with Gasteiger partial charge in [-0.3, -0.25) is 4.72 Å². The lowest BCUT2D eigenvalue weighted by Gasteiger charge is -2.10. The molecule has 0 aliphatic heterocycles. The summed E-state index contributed by atoms with van der Waals surface area (Å²) in [6.45, 7) is 0. The van der Waals surface area contributed by atoms with Crippen LogP contribution in [0.3, 0.4) is 0 Å². The summed E-state index contributed by atoms with van der Waals surface area (Å²) >= 11 is 0. The number of halogens is 3. The highest BCUT2D eigenvalue weighted by Gasteiger charge is 2.21. The summed E-state index contributed by atoms with van der Waals surface area (Å²) in [6, 6.07) is 4.52. The van der Waals surface area contributed by atoms with E-state index in [1.165, 1.54) is 0 Å². The molecule has 2 rings (SSSR count). The molecule has 106 valence electrons. The molecule has 0 bridgehead atoms. The number of nitrogens with one attached hydrogen (secondary N) is 1. The number of hydrogen-bond donors (Lipinski definition) is 2. The molecule has 0 radical (unpaired) electrons. The second kappa shape index (κ2) is 5.04. The van der Waals surface area contributed by atoms with Crippen molar-refractivity contribution < 1.29 is 26.7 Å². The normalized spacial score (nSPS) is 11.3. The topological polar surface area (TPSA) is 66.4 Å². The third kappa shape index (κ3) is 2.85. The molecule has 0 unspecified atom stereocenters. The van der Waals surface area contributed by atoms with Crippen LogP contribution in [0.4, 0.5) is 18.9 Å². The molecule has 0 aliphatic rings. The zero-order valence-electron chi connectivity index (χ0n) is 9.77. The summed E-state index contributed by atoms with van der Waals surface area (Å²) in [5.41, 5.74) is -0.324. The van der Waals surface area contributed by atoms with Gasteiger partial charge < -0.3 is 5.11 Å². The predicted octanol–water partition coefficient (Wildman–Crippen LogP) is 2.61. The van der Waals surface area contributed by atoms with Crippen molar-refractivity contribution in [3.8, 4) is 5.75 Å². The maximum atomic E-state index is 13.4. The van der Waals surface area contributed by atoms with Crippen molar-refractivity contribution in [1.29, 1.82) is 0 Å². The summed E-state index contributed by atoms with van der Waals surface area (Å²) in [5.74, 6) is -3.63. The van der Waals surface area contributed by atoms with Gasteiger partial charge in [-0.05, 0) is 24.3 Å². The average molecular weight is 303 g/mol. The zero-order chi connectivity index (χ0) is 14.9. The van der Waals surface area contributed by atoms with E-state index in [1.807, 2.05) is 4.72 Å². The zero-order valence-corrected chi connectivity index (χ0v) is 10.6. The fraction of sp³-hybridized carbons (Fsp3) is 0. The van der Waals surface area contributed by atoms with Gasteiger partial charge in [0.15, 0.2) is 0 Å². The second-order valence-electron chi connectivity index (χ2n) is 3.84. The first-order valence-electron chi connectivity index (χ1n) is 5.26. The molecule has 0 saturated heterocycles. The van der Waals surface area contributed by atoms with Crippen molar-refractivity contribution in [2.45, 2.75) is 4.90 Å². The van der Waals surface area contributed by atoms with Gasteiger partial charge in [-0.15, -0.1) is 0 Å². The summed E-state index contributed by atoms with van der Waals surface area (Å²) in [5, 5.41) is 9.39. The van der Waals surface area contributed by atoms with E-state index in [1.54, 1.807) is 0 Å². The Kier molecular flexibility index (Phi) is 3.58. The fourth-order valence-electron chi connectivity index (χ4n) is 1.48. The molecule has 0 amide bonds. The highest BCUT2D eigenvalue weighted by Crippen LogP contribution is 2.27. The SMILES string of the molecule is O=S(=O)(Nc1ccc(F)cc1O)c1ccc(F)cc1F. The molecule has 0 saturated carbocycles. The first kappa shape index (κ1) is 14.2. The number of rotatable bonds is 3. The van der Waals surface area contributed by atoms with Gasteiger partial charge >= 0.3 is 0 Å². The minimum atomic E-state index is -4.37. The summed E-state index contributed by atoms with van der Waals surface area (Å²) in [4.78, 5) is -0.789. The molecule has 8 heteroatoms. The van der Waals surface area contributed by atoms with Gasteiger partial charge in [-0.2, -0.15) is 0 Å². The van der Waals surface area contributed by atoms with Crippen molar-refractivity contribution in [3.05, 3.63) is 53.8 Å². The number of phenols is 1. The highest BCUT2D eigenvalue weighted by atomic mass is 32.2. The van der Waals surface area contributed by atoms with Crippen LogP contribution in [0.2, 0.25) is 0 Å². The van der Waals surface area contributed by atoms with Crippen LogP contribution in [0.5, 0.6) is 5.75 Å². The van der Waals surface area contributed by atoms with Crippen molar-refractivity contribution in [3.63, 3.8) is 0 Å². The number of aromatic hydroxyl groups is 1. The molecule has 0 atom stereocenters. The van der Waals surface area contributed by atoms with Crippen LogP contribution >= 0.6 is 0 Å². The molecule has 2 aromatic carbocycles. The van der Waals surface area contributed by atoms with Crippen LogP contribution in [-0.4, -0.2) is 13.5 Å². The monoisotopic (exact) mass is 303 g/mol. The molecule has 0 heterocycles. The van der Waals surface area contributed by atoms with Crippen LogP contribution in [0, 0.1) is 17.5 Å². The van der Waals surface area contributed by atoms with Crippen molar-refractivity contribution >= 4 is 15.7 Å². The van der Waals surface area contributed by atoms with Crippen LogP contribution in [0.15, 0.2) is 41.3 Å². The Labute approximate surface area is 112 Å². The van der Waals surface area contributed by atoms with Crippen LogP contribution in [0.1, 0.15) is 0 Å². The summed E-state index contributed by atoms with van der Waals surface area (Å²) in [7, 11) is -4.37. The quantitative estimate of drug-likeness (QED) is 0.857. The van der Waals surface area contributed by atoms with E-state index in [4.69, 9.17) is 0 Å². The smallest absolute Gasteiger partial charge is 0.264 e. The number of anilines is 1. The maximum absolute atomic E-state index is 13.4. The second-order valence-corrected chi connectivity index (χ2v) is 5.49. The molecule has 4 nitrogen and oxygen atoms in total. The Morgan fingerprint density at radius 2 is 1.55 bits per heavy atom. The van der Waals surface area contributed by atoms with E-state index < -0.39 is 38.1 Å². The maximum Gasteiger partial charge on any atom is 0.264 e. The van der Waals surface area contributed by atoms with E-state index >= 15 is 0 Å². The third-order valence-corrected chi connectivity index (χ3v) is 3.79. The molecule has 20 heavy (non-hydrogen) atoms. The Hall–Kier alpha value is -2.22. The van der Waals surface area contributed by atoms with E-state index in [-0.39, 0.29) is 5.69 Å². The fourth-order valence-corrected chi connectivity index (χ4v) is 2.62. The number of sulfonamides is 1. The van der Waals surface area contributed by atoms with Crippen molar-refractivity contribution in [1.82, 2.24) is 0 Å². The largest absolute Gasteiger partial charge is 0.506 e. The van der Waals surface area contributed by atoms with Gasteiger partial charge in [0.05, 0.1) is 5.69 Å². The predicted molar refractivity (Wildman–Crippen MR) is 65.2 cm³/mol. The highest BCUT2D eigenvalue weighted by molar-refractivity contribution is 7.92. The van der Waals surface area contributed by atoms with Gasteiger partial charge in [0, 0.05) is 12.1 Å². The van der Waals surface area contributed by atoms with Gasteiger partial charge in [0.25, 0.3) is 10.0 Å². The van der Waals surface area contributed by atoms with E-state index in [9.17, 15) is 26.7 Å². The lowest BCUT2D eigenvalue weighted by molar-refractivity contribution is 0.471. The number of hydrogen-bond acceptors (Lipinski definition) is 3. The molecule has 0 spiro atoms. The Morgan fingerprint density at radius 3 is 2.15 bits per heavy atom. The van der Waals surface area contributed by atoms with Gasteiger partial charge in [0.1, 0.15) is 28.1 Å². The molecular formula is C12H8F3NO3S. The minimum absolute atomic E-state index is 0.324. The molecule has 0 fully saturated rings. The summed E-state index contributed by atoms with van der Waals surface area (Å²) < 4.78 is 64.6.